The number of halogens is 4. The first-order chi connectivity index (χ1) is 10.8. The Hall–Kier alpha value is -1.27. The van der Waals surface area contributed by atoms with Gasteiger partial charge in [-0.1, -0.05) is 25.1 Å². The lowest BCUT2D eigenvalue weighted by Crippen LogP contribution is -2.40. The molecule has 1 aliphatic rings. The Balaban J connectivity index is 0.00000288. The van der Waals surface area contributed by atoms with Crippen molar-refractivity contribution in [2.45, 2.75) is 63.2 Å². The molecule has 0 bridgehead atoms. The van der Waals surface area contributed by atoms with E-state index in [-0.39, 0.29) is 42.4 Å². The number of hydrogen-bond donors (Lipinski definition) is 2. The minimum atomic E-state index is -4.40. The van der Waals surface area contributed by atoms with E-state index in [0.717, 1.165) is 31.7 Å². The van der Waals surface area contributed by atoms with Crippen molar-refractivity contribution in [3.8, 4) is 0 Å². The quantitative estimate of drug-likeness (QED) is 0.848. The van der Waals surface area contributed by atoms with Gasteiger partial charge in [0.25, 0.3) is 0 Å². The summed E-state index contributed by atoms with van der Waals surface area (Å²) in [5.41, 5.74) is 5.33. The summed E-state index contributed by atoms with van der Waals surface area (Å²) >= 11 is 0. The second-order valence-corrected chi connectivity index (χ2v) is 6.37. The van der Waals surface area contributed by atoms with Crippen LogP contribution in [0.4, 0.5) is 13.2 Å². The number of alkyl halides is 3. The maximum Gasteiger partial charge on any atom is 0.416 e. The summed E-state index contributed by atoms with van der Waals surface area (Å²) in [5.74, 6) is -0.686. The van der Waals surface area contributed by atoms with E-state index in [1.807, 2.05) is 0 Å². The summed E-state index contributed by atoms with van der Waals surface area (Å²) in [4.78, 5) is 12.1. The average molecular weight is 365 g/mol. The van der Waals surface area contributed by atoms with Crippen molar-refractivity contribution in [3.63, 3.8) is 0 Å². The molecule has 0 saturated heterocycles. The van der Waals surface area contributed by atoms with Gasteiger partial charge in [0.15, 0.2) is 0 Å². The molecule has 7 heteroatoms. The fourth-order valence-electron chi connectivity index (χ4n) is 3.12. The summed E-state index contributed by atoms with van der Waals surface area (Å²) in [6.45, 7) is 1.65. The third kappa shape index (κ3) is 5.67. The van der Waals surface area contributed by atoms with Crippen molar-refractivity contribution in [2.24, 2.45) is 5.73 Å². The van der Waals surface area contributed by atoms with Gasteiger partial charge < -0.3 is 11.1 Å². The number of carbonyl (C=O) groups is 1. The Kier molecular flexibility index (Phi) is 7.55. The fourth-order valence-corrected chi connectivity index (χ4v) is 3.12. The SMILES string of the molecule is CC(CC(=O)NC1CCC(N)CC1)c1ccccc1C(F)(F)F.Cl. The first-order valence-corrected chi connectivity index (χ1v) is 7.98. The van der Waals surface area contributed by atoms with Gasteiger partial charge in [-0.15, -0.1) is 12.4 Å². The maximum atomic E-state index is 13.0. The molecule has 1 aromatic rings. The number of rotatable bonds is 4. The minimum Gasteiger partial charge on any atom is -0.353 e. The molecule has 1 unspecified atom stereocenters. The second-order valence-electron chi connectivity index (χ2n) is 6.37. The van der Waals surface area contributed by atoms with Crippen molar-refractivity contribution < 1.29 is 18.0 Å². The van der Waals surface area contributed by atoms with Crippen LogP contribution in [0.2, 0.25) is 0 Å². The molecule has 2 rings (SSSR count). The fraction of sp³-hybridized carbons (Fsp3) is 0.588. The number of nitrogens with two attached hydrogens (primary N) is 1. The first-order valence-electron chi connectivity index (χ1n) is 7.98. The molecule has 1 aromatic carbocycles. The Labute approximate surface area is 146 Å². The number of hydrogen-bond acceptors (Lipinski definition) is 2. The van der Waals surface area contributed by atoms with Gasteiger partial charge in [0.2, 0.25) is 5.91 Å². The predicted octanol–water partition coefficient (Wildman–Crippen LogP) is 4.01. The molecule has 0 spiro atoms. The minimum absolute atomic E-state index is 0. The van der Waals surface area contributed by atoms with E-state index in [2.05, 4.69) is 5.32 Å². The maximum absolute atomic E-state index is 13.0. The van der Waals surface area contributed by atoms with Gasteiger partial charge in [-0.25, -0.2) is 0 Å². The van der Waals surface area contributed by atoms with E-state index in [1.165, 1.54) is 12.1 Å². The highest BCUT2D eigenvalue weighted by atomic mass is 35.5. The largest absolute Gasteiger partial charge is 0.416 e. The highest BCUT2D eigenvalue weighted by Crippen LogP contribution is 2.36. The zero-order valence-electron chi connectivity index (χ0n) is 13.6. The molecule has 24 heavy (non-hydrogen) atoms. The molecule has 0 aromatic heterocycles. The van der Waals surface area contributed by atoms with Crippen molar-refractivity contribution in [3.05, 3.63) is 35.4 Å². The molecule has 0 radical (unpaired) electrons. The van der Waals surface area contributed by atoms with E-state index in [1.54, 1.807) is 13.0 Å². The number of nitrogens with one attached hydrogen (secondary N) is 1. The lowest BCUT2D eigenvalue weighted by Gasteiger charge is -2.27. The molecule has 136 valence electrons. The third-order valence-electron chi connectivity index (χ3n) is 4.43. The van der Waals surface area contributed by atoms with Crippen LogP contribution in [-0.2, 0) is 11.0 Å². The Morgan fingerprint density at radius 2 is 1.83 bits per heavy atom. The molecule has 1 amide bonds. The van der Waals surface area contributed by atoms with Crippen LogP contribution in [0.15, 0.2) is 24.3 Å². The van der Waals surface area contributed by atoms with E-state index in [9.17, 15) is 18.0 Å². The molecule has 1 fully saturated rings. The number of benzene rings is 1. The number of carbonyl (C=O) groups excluding carboxylic acids is 1. The first kappa shape index (κ1) is 20.8. The van der Waals surface area contributed by atoms with Crippen LogP contribution in [0, 0.1) is 0 Å². The Morgan fingerprint density at radius 1 is 1.25 bits per heavy atom. The monoisotopic (exact) mass is 364 g/mol. The standard InChI is InChI=1S/C17H23F3N2O.ClH/c1-11(14-4-2-3-5-15(14)17(18,19)20)10-16(23)22-13-8-6-12(21)7-9-13;/h2-5,11-13H,6-10,21H2,1H3,(H,22,23);1H. The molecular weight excluding hydrogens is 341 g/mol. The summed E-state index contributed by atoms with van der Waals surface area (Å²) < 4.78 is 39.1. The van der Waals surface area contributed by atoms with Gasteiger partial charge in [-0.05, 0) is 43.2 Å². The number of amides is 1. The zero-order valence-corrected chi connectivity index (χ0v) is 14.4. The highest BCUT2D eigenvalue weighted by Gasteiger charge is 2.34. The van der Waals surface area contributed by atoms with Crippen LogP contribution in [0.3, 0.4) is 0 Å². The zero-order chi connectivity index (χ0) is 17.0. The van der Waals surface area contributed by atoms with E-state index >= 15 is 0 Å². The van der Waals surface area contributed by atoms with Crippen LogP contribution in [0.1, 0.15) is 56.1 Å². The van der Waals surface area contributed by atoms with E-state index < -0.39 is 17.7 Å². The van der Waals surface area contributed by atoms with Crippen LogP contribution in [0.25, 0.3) is 0 Å². The summed E-state index contributed by atoms with van der Waals surface area (Å²) in [6.07, 6.45) is -0.938. The van der Waals surface area contributed by atoms with Gasteiger partial charge in [0.1, 0.15) is 0 Å². The molecule has 0 heterocycles. The van der Waals surface area contributed by atoms with E-state index in [4.69, 9.17) is 5.73 Å². The molecule has 3 nitrogen and oxygen atoms in total. The molecule has 1 saturated carbocycles. The smallest absolute Gasteiger partial charge is 0.353 e. The van der Waals surface area contributed by atoms with Crippen molar-refractivity contribution in [2.75, 3.05) is 0 Å². The lowest BCUT2D eigenvalue weighted by molar-refractivity contribution is -0.138. The molecule has 0 aliphatic heterocycles. The molecular formula is C17H24ClF3N2O. The van der Waals surface area contributed by atoms with Crippen molar-refractivity contribution >= 4 is 18.3 Å². The van der Waals surface area contributed by atoms with Crippen LogP contribution < -0.4 is 11.1 Å². The topological polar surface area (TPSA) is 55.1 Å². The molecule has 3 N–H and O–H groups in total. The average Bonchev–Trinajstić information content (AvgIpc) is 2.48. The van der Waals surface area contributed by atoms with Gasteiger partial charge in [-0.2, -0.15) is 13.2 Å². The van der Waals surface area contributed by atoms with Crippen LogP contribution >= 0.6 is 12.4 Å². The third-order valence-corrected chi connectivity index (χ3v) is 4.43. The molecule has 1 aliphatic carbocycles. The second kappa shape index (κ2) is 8.72. The van der Waals surface area contributed by atoms with Gasteiger partial charge in [-0.3, -0.25) is 4.79 Å². The predicted molar refractivity (Wildman–Crippen MR) is 90.1 cm³/mol. The summed E-state index contributed by atoms with van der Waals surface area (Å²) in [7, 11) is 0. The lowest BCUT2D eigenvalue weighted by atomic mass is 9.90. The molecule has 1 atom stereocenters. The van der Waals surface area contributed by atoms with Crippen molar-refractivity contribution in [1.29, 1.82) is 0 Å². The summed E-state index contributed by atoms with van der Waals surface area (Å²) in [6, 6.07) is 5.73. The van der Waals surface area contributed by atoms with Crippen molar-refractivity contribution in [1.82, 2.24) is 5.32 Å². The van der Waals surface area contributed by atoms with Gasteiger partial charge in [0.05, 0.1) is 5.56 Å². The van der Waals surface area contributed by atoms with Gasteiger partial charge in [0, 0.05) is 18.5 Å². The van der Waals surface area contributed by atoms with Crippen LogP contribution in [-0.4, -0.2) is 18.0 Å². The summed E-state index contributed by atoms with van der Waals surface area (Å²) in [5, 5.41) is 2.92. The Morgan fingerprint density at radius 3 is 2.42 bits per heavy atom. The Bertz CT molecular complexity index is 543. The van der Waals surface area contributed by atoms with Gasteiger partial charge >= 0.3 is 6.18 Å². The normalized spacial score (nSPS) is 22.4. The van der Waals surface area contributed by atoms with E-state index in [0.29, 0.717) is 0 Å². The van der Waals surface area contributed by atoms with Crippen LogP contribution in [0.5, 0.6) is 0 Å². The highest BCUT2D eigenvalue weighted by molar-refractivity contribution is 5.85.